The average Bonchev–Trinajstić information content (AvgIpc) is 3.11. The number of fused-ring (bicyclic) bond motifs is 1. The van der Waals surface area contributed by atoms with Crippen molar-refractivity contribution in [2.75, 3.05) is 10.6 Å². The van der Waals surface area contributed by atoms with Crippen LogP contribution in [0.5, 0.6) is 0 Å². The Labute approximate surface area is 188 Å². The zero-order chi connectivity index (χ0) is 22.8. The molecular weight excluding hydrogens is 424 g/mol. The smallest absolute Gasteiger partial charge is 0.266 e. The summed E-state index contributed by atoms with van der Waals surface area (Å²) in [6, 6.07) is 14.8. The SMILES string of the molecule is Cc1ccc(NC(=O)Cn2cnc3sc(C(=O)Nc4ccccc4)c(C)c3c2=O)cc1C. The van der Waals surface area contributed by atoms with Crippen molar-refractivity contribution < 1.29 is 9.59 Å². The highest BCUT2D eigenvalue weighted by atomic mass is 32.1. The molecule has 0 radical (unpaired) electrons. The monoisotopic (exact) mass is 446 g/mol. The molecule has 0 spiro atoms. The van der Waals surface area contributed by atoms with E-state index in [2.05, 4.69) is 15.6 Å². The average molecular weight is 447 g/mol. The van der Waals surface area contributed by atoms with Crippen LogP contribution in [0.2, 0.25) is 0 Å². The molecule has 0 fully saturated rings. The first-order chi connectivity index (χ1) is 15.3. The van der Waals surface area contributed by atoms with Crippen molar-refractivity contribution in [2.24, 2.45) is 0 Å². The van der Waals surface area contributed by atoms with Crippen LogP contribution < -0.4 is 16.2 Å². The van der Waals surface area contributed by atoms with Crippen molar-refractivity contribution in [2.45, 2.75) is 27.3 Å². The molecule has 0 aliphatic rings. The van der Waals surface area contributed by atoms with Gasteiger partial charge in [-0.1, -0.05) is 24.3 Å². The number of carbonyl (C=O) groups is 2. The molecule has 7 nitrogen and oxygen atoms in total. The van der Waals surface area contributed by atoms with Crippen molar-refractivity contribution in [3.8, 4) is 0 Å². The number of thiophene rings is 1. The maximum atomic E-state index is 13.0. The number of hydrogen-bond acceptors (Lipinski definition) is 5. The lowest BCUT2D eigenvalue weighted by Gasteiger charge is -2.09. The van der Waals surface area contributed by atoms with Crippen LogP contribution in [0.3, 0.4) is 0 Å². The van der Waals surface area contributed by atoms with E-state index in [4.69, 9.17) is 0 Å². The minimum Gasteiger partial charge on any atom is -0.325 e. The molecule has 0 aliphatic heterocycles. The lowest BCUT2D eigenvalue weighted by atomic mass is 10.1. The maximum absolute atomic E-state index is 13.0. The number of amides is 2. The molecule has 0 saturated heterocycles. The zero-order valence-electron chi connectivity index (χ0n) is 17.9. The summed E-state index contributed by atoms with van der Waals surface area (Å²) in [5.41, 5.74) is 3.75. The van der Waals surface area contributed by atoms with Gasteiger partial charge in [-0.05, 0) is 61.7 Å². The van der Waals surface area contributed by atoms with E-state index < -0.39 is 0 Å². The first kappa shape index (κ1) is 21.5. The van der Waals surface area contributed by atoms with E-state index in [0.29, 0.717) is 32.0 Å². The van der Waals surface area contributed by atoms with Gasteiger partial charge < -0.3 is 10.6 Å². The first-order valence-electron chi connectivity index (χ1n) is 10.1. The number of aryl methyl sites for hydroxylation is 3. The molecule has 4 rings (SSSR count). The summed E-state index contributed by atoms with van der Waals surface area (Å²) in [6.07, 6.45) is 1.35. The van der Waals surface area contributed by atoms with Gasteiger partial charge in [-0.25, -0.2) is 4.98 Å². The molecule has 0 unspecified atom stereocenters. The van der Waals surface area contributed by atoms with Crippen molar-refractivity contribution in [1.29, 1.82) is 0 Å². The predicted octanol–water partition coefficient (Wildman–Crippen LogP) is 4.27. The Kier molecular flexibility index (Phi) is 5.87. The number of anilines is 2. The van der Waals surface area contributed by atoms with Crippen LogP contribution in [0.1, 0.15) is 26.4 Å². The zero-order valence-corrected chi connectivity index (χ0v) is 18.7. The molecule has 0 aliphatic carbocycles. The van der Waals surface area contributed by atoms with Crippen LogP contribution in [0.4, 0.5) is 11.4 Å². The van der Waals surface area contributed by atoms with Gasteiger partial charge >= 0.3 is 0 Å². The topological polar surface area (TPSA) is 93.1 Å². The minimum absolute atomic E-state index is 0.171. The quantitative estimate of drug-likeness (QED) is 0.479. The molecule has 0 atom stereocenters. The molecular formula is C24H22N4O3S. The van der Waals surface area contributed by atoms with Gasteiger partial charge in [-0.3, -0.25) is 19.0 Å². The first-order valence-corrected chi connectivity index (χ1v) is 10.9. The van der Waals surface area contributed by atoms with E-state index in [0.717, 1.165) is 22.5 Å². The summed E-state index contributed by atoms with van der Waals surface area (Å²) >= 11 is 1.16. The Balaban J connectivity index is 1.57. The third-order valence-electron chi connectivity index (χ3n) is 5.26. The van der Waals surface area contributed by atoms with Crippen LogP contribution in [-0.2, 0) is 11.3 Å². The molecule has 162 valence electrons. The number of hydrogen-bond donors (Lipinski definition) is 2. The molecule has 32 heavy (non-hydrogen) atoms. The Hall–Kier alpha value is -3.78. The molecule has 2 amide bonds. The third kappa shape index (κ3) is 4.31. The third-order valence-corrected chi connectivity index (χ3v) is 6.46. The fourth-order valence-corrected chi connectivity index (χ4v) is 4.41. The van der Waals surface area contributed by atoms with Gasteiger partial charge in [0.05, 0.1) is 16.6 Å². The number of carbonyl (C=O) groups excluding carboxylic acids is 2. The Morgan fingerprint density at radius 2 is 1.72 bits per heavy atom. The number of rotatable bonds is 5. The number of para-hydroxylation sites is 1. The number of nitrogens with one attached hydrogen (secondary N) is 2. The molecule has 8 heteroatoms. The van der Waals surface area contributed by atoms with E-state index in [1.807, 2.05) is 50.2 Å². The van der Waals surface area contributed by atoms with Gasteiger partial charge in [0.15, 0.2) is 0 Å². The standard InChI is InChI=1S/C24H22N4O3S/c1-14-9-10-18(11-15(14)2)26-19(29)12-28-13-25-23-20(24(28)31)16(3)21(32-23)22(30)27-17-7-5-4-6-8-17/h4-11,13H,12H2,1-3H3,(H,26,29)(H,27,30). The summed E-state index contributed by atoms with van der Waals surface area (Å²) in [7, 11) is 0. The molecule has 2 N–H and O–H groups in total. The Morgan fingerprint density at radius 3 is 2.44 bits per heavy atom. The van der Waals surface area contributed by atoms with Gasteiger partial charge in [0, 0.05) is 11.4 Å². The Morgan fingerprint density at radius 1 is 0.969 bits per heavy atom. The van der Waals surface area contributed by atoms with Crippen LogP contribution in [-0.4, -0.2) is 21.4 Å². The summed E-state index contributed by atoms with van der Waals surface area (Å²) in [4.78, 5) is 43.5. The van der Waals surface area contributed by atoms with Crippen LogP contribution in [0.25, 0.3) is 10.2 Å². The predicted molar refractivity (Wildman–Crippen MR) is 128 cm³/mol. The van der Waals surface area contributed by atoms with Crippen molar-refractivity contribution in [3.63, 3.8) is 0 Å². The minimum atomic E-state index is -0.349. The van der Waals surface area contributed by atoms with Gasteiger partial charge in [0.1, 0.15) is 11.4 Å². The number of benzene rings is 2. The molecule has 4 aromatic rings. The highest BCUT2D eigenvalue weighted by molar-refractivity contribution is 7.20. The van der Waals surface area contributed by atoms with Crippen molar-refractivity contribution >= 4 is 44.7 Å². The van der Waals surface area contributed by atoms with Crippen LogP contribution in [0.15, 0.2) is 59.7 Å². The van der Waals surface area contributed by atoms with Crippen molar-refractivity contribution in [3.05, 3.63) is 86.8 Å². The second-order valence-corrected chi connectivity index (χ2v) is 8.58. The molecule has 2 aromatic heterocycles. The van der Waals surface area contributed by atoms with Crippen molar-refractivity contribution in [1.82, 2.24) is 9.55 Å². The lowest BCUT2D eigenvalue weighted by Crippen LogP contribution is -2.28. The second kappa shape index (κ2) is 8.76. The summed E-state index contributed by atoms with van der Waals surface area (Å²) < 4.78 is 1.26. The highest BCUT2D eigenvalue weighted by Crippen LogP contribution is 2.27. The van der Waals surface area contributed by atoms with E-state index in [1.165, 1.54) is 10.9 Å². The maximum Gasteiger partial charge on any atom is 0.266 e. The van der Waals surface area contributed by atoms with Gasteiger partial charge in [0.2, 0.25) is 5.91 Å². The van der Waals surface area contributed by atoms with E-state index in [1.54, 1.807) is 19.1 Å². The Bertz CT molecular complexity index is 1390. The normalized spacial score (nSPS) is 10.8. The second-order valence-electron chi connectivity index (χ2n) is 7.58. The fraction of sp³-hybridized carbons (Fsp3) is 0.167. The molecule has 0 saturated carbocycles. The highest BCUT2D eigenvalue weighted by Gasteiger charge is 2.20. The lowest BCUT2D eigenvalue weighted by molar-refractivity contribution is -0.116. The number of nitrogens with zero attached hydrogens (tertiary/aromatic N) is 2. The molecule has 2 aromatic carbocycles. The molecule has 2 heterocycles. The van der Waals surface area contributed by atoms with E-state index in [-0.39, 0.29) is 23.9 Å². The van der Waals surface area contributed by atoms with Crippen LogP contribution >= 0.6 is 11.3 Å². The van der Waals surface area contributed by atoms with E-state index in [9.17, 15) is 14.4 Å². The number of aromatic nitrogens is 2. The molecule has 0 bridgehead atoms. The summed E-state index contributed by atoms with van der Waals surface area (Å²) in [5.74, 6) is -0.624. The fourth-order valence-electron chi connectivity index (χ4n) is 3.37. The summed E-state index contributed by atoms with van der Waals surface area (Å²) in [5, 5.41) is 6.00. The van der Waals surface area contributed by atoms with E-state index >= 15 is 0 Å². The van der Waals surface area contributed by atoms with Crippen LogP contribution in [0, 0.1) is 20.8 Å². The largest absolute Gasteiger partial charge is 0.325 e. The summed E-state index contributed by atoms with van der Waals surface area (Å²) in [6.45, 7) is 5.52. The van der Waals surface area contributed by atoms with Gasteiger partial charge in [-0.2, -0.15) is 0 Å². The van der Waals surface area contributed by atoms with Gasteiger partial charge in [-0.15, -0.1) is 11.3 Å². The van der Waals surface area contributed by atoms with Gasteiger partial charge in [0.25, 0.3) is 11.5 Å².